The van der Waals surface area contributed by atoms with Gasteiger partial charge in [-0.25, -0.2) is 4.79 Å². The summed E-state index contributed by atoms with van der Waals surface area (Å²) in [4.78, 5) is 14.6. The quantitative estimate of drug-likeness (QED) is 0.915. The van der Waals surface area contributed by atoms with Crippen molar-refractivity contribution in [1.29, 1.82) is 0 Å². The van der Waals surface area contributed by atoms with Crippen molar-refractivity contribution in [3.05, 3.63) is 40.4 Å². The van der Waals surface area contributed by atoms with Crippen LogP contribution in [0, 0.1) is 13.8 Å². The van der Waals surface area contributed by atoms with E-state index in [4.69, 9.17) is 11.6 Å². The Hall–Kier alpha value is -2.08. The number of carbonyl (C=O) groups excluding carboxylic acids is 1. The maximum absolute atomic E-state index is 12.7. The van der Waals surface area contributed by atoms with Crippen LogP contribution < -0.4 is 5.32 Å². The first kappa shape index (κ1) is 15.8. The number of amides is 2. The van der Waals surface area contributed by atoms with E-state index in [1.54, 1.807) is 6.33 Å². The Kier molecular flexibility index (Phi) is 4.26. The van der Waals surface area contributed by atoms with E-state index in [-0.39, 0.29) is 12.1 Å². The van der Waals surface area contributed by atoms with Crippen LogP contribution in [-0.4, -0.2) is 32.2 Å². The molecule has 0 saturated carbocycles. The van der Waals surface area contributed by atoms with Crippen LogP contribution in [0.4, 0.5) is 10.5 Å². The number of likely N-dealkylation sites (tertiary alicyclic amines) is 1. The summed E-state index contributed by atoms with van der Waals surface area (Å²) in [5.41, 5.74) is 2.73. The lowest BCUT2D eigenvalue weighted by atomic mass is 10.1. The number of aromatic nitrogens is 3. The van der Waals surface area contributed by atoms with E-state index in [0.717, 1.165) is 42.0 Å². The number of anilines is 1. The van der Waals surface area contributed by atoms with Gasteiger partial charge in [0.05, 0.1) is 6.04 Å². The van der Waals surface area contributed by atoms with Crippen molar-refractivity contribution in [1.82, 2.24) is 19.7 Å². The second-order valence-corrected chi connectivity index (χ2v) is 6.43. The average Bonchev–Trinajstić information content (AvgIpc) is 3.10. The Labute approximate surface area is 140 Å². The molecule has 23 heavy (non-hydrogen) atoms. The van der Waals surface area contributed by atoms with Gasteiger partial charge in [-0.05, 0) is 49.9 Å². The van der Waals surface area contributed by atoms with Gasteiger partial charge in [0.25, 0.3) is 0 Å². The molecule has 1 fully saturated rings. The summed E-state index contributed by atoms with van der Waals surface area (Å²) in [7, 11) is 1.90. The lowest BCUT2D eigenvalue weighted by molar-refractivity contribution is 0.204. The minimum atomic E-state index is -0.107. The Bertz CT molecular complexity index is 719. The number of halogens is 1. The van der Waals surface area contributed by atoms with Gasteiger partial charge in [0, 0.05) is 24.3 Å². The Morgan fingerprint density at radius 2 is 2.04 bits per heavy atom. The van der Waals surface area contributed by atoms with E-state index in [9.17, 15) is 4.79 Å². The van der Waals surface area contributed by atoms with Crippen LogP contribution in [0.1, 0.15) is 35.8 Å². The molecule has 122 valence electrons. The maximum atomic E-state index is 12.7. The molecule has 1 aliphatic heterocycles. The largest absolute Gasteiger partial charge is 0.322 e. The maximum Gasteiger partial charge on any atom is 0.322 e. The molecule has 1 N–H and O–H groups in total. The van der Waals surface area contributed by atoms with Crippen molar-refractivity contribution < 1.29 is 4.79 Å². The molecule has 0 aliphatic carbocycles. The first-order valence-electron chi connectivity index (χ1n) is 7.65. The monoisotopic (exact) mass is 333 g/mol. The predicted octanol–water partition coefficient (Wildman–Crippen LogP) is 3.45. The number of hydrogen-bond acceptors (Lipinski definition) is 3. The molecule has 0 spiro atoms. The molecule has 2 aromatic rings. The van der Waals surface area contributed by atoms with Gasteiger partial charge in [-0.1, -0.05) is 11.6 Å². The first-order valence-corrected chi connectivity index (χ1v) is 8.03. The normalized spacial score (nSPS) is 17.6. The van der Waals surface area contributed by atoms with Gasteiger partial charge in [-0.2, -0.15) is 0 Å². The first-order chi connectivity index (χ1) is 11.0. The SMILES string of the molecule is Cc1cc(Cl)cc(C)c1NC(=O)N1CCC[C@@H]1c1nncn1C. The van der Waals surface area contributed by atoms with E-state index >= 15 is 0 Å². The van der Waals surface area contributed by atoms with Crippen molar-refractivity contribution in [2.24, 2.45) is 7.05 Å². The molecule has 0 radical (unpaired) electrons. The fourth-order valence-corrected chi connectivity index (χ4v) is 3.49. The zero-order chi connectivity index (χ0) is 16.6. The highest BCUT2D eigenvalue weighted by molar-refractivity contribution is 6.30. The van der Waals surface area contributed by atoms with Gasteiger partial charge in [0.1, 0.15) is 6.33 Å². The van der Waals surface area contributed by atoms with Crippen molar-refractivity contribution in [2.45, 2.75) is 32.7 Å². The molecular formula is C16H20ClN5O. The summed E-state index contributed by atoms with van der Waals surface area (Å²) < 4.78 is 1.87. The van der Waals surface area contributed by atoms with Gasteiger partial charge in [0.15, 0.2) is 5.82 Å². The standard InChI is InChI=1S/C16H20ClN5O/c1-10-7-12(17)8-11(2)14(10)19-16(23)22-6-4-5-13(22)15-20-18-9-21(15)3/h7-9,13H,4-6H2,1-3H3,(H,19,23)/t13-/m1/s1. The van der Waals surface area contributed by atoms with E-state index < -0.39 is 0 Å². The summed E-state index contributed by atoms with van der Waals surface area (Å²) in [6.07, 6.45) is 3.53. The highest BCUT2D eigenvalue weighted by Gasteiger charge is 2.33. The molecular weight excluding hydrogens is 314 g/mol. The van der Waals surface area contributed by atoms with Crippen LogP contribution >= 0.6 is 11.6 Å². The lowest BCUT2D eigenvalue weighted by Gasteiger charge is -2.25. The Balaban J connectivity index is 1.82. The van der Waals surface area contributed by atoms with Crippen molar-refractivity contribution in [2.75, 3.05) is 11.9 Å². The average molecular weight is 334 g/mol. The van der Waals surface area contributed by atoms with Gasteiger partial charge in [-0.15, -0.1) is 10.2 Å². The number of aryl methyl sites for hydroxylation is 3. The second-order valence-electron chi connectivity index (χ2n) is 6.00. The third-order valence-corrected chi connectivity index (χ3v) is 4.51. The molecule has 6 nitrogen and oxygen atoms in total. The molecule has 0 unspecified atom stereocenters. The van der Waals surface area contributed by atoms with Gasteiger partial charge in [-0.3, -0.25) is 0 Å². The lowest BCUT2D eigenvalue weighted by Crippen LogP contribution is -2.35. The van der Waals surface area contributed by atoms with Crippen molar-refractivity contribution in [3.63, 3.8) is 0 Å². The van der Waals surface area contributed by atoms with Crippen molar-refractivity contribution >= 4 is 23.3 Å². The molecule has 1 aromatic heterocycles. The Morgan fingerprint density at radius 1 is 1.35 bits per heavy atom. The molecule has 1 aliphatic rings. The number of rotatable bonds is 2. The van der Waals surface area contributed by atoms with Crippen LogP contribution in [0.15, 0.2) is 18.5 Å². The summed E-state index contributed by atoms with van der Waals surface area (Å²) >= 11 is 6.05. The highest BCUT2D eigenvalue weighted by atomic mass is 35.5. The molecule has 2 amide bonds. The third-order valence-electron chi connectivity index (χ3n) is 4.29. The van der Waals surface area contributed by atoms with Crippen LogP contribution in [0.25, 0.3) is 0 Å². The van der Waals surface area contributed by atoms with Crippen molar-refractivity contribution in [3.8, 4) is 0 Å². The minimum absolute atomic E-state index is 0.0320. The van der Waals surface area contributed by atoms with Gasteiger partial charge in [0.2, 0.25) is 0 Å². The summed E-state index contributed by atoms with van der Waals surface area (Å²) in [6, 6.07) is 3.57. The summed E-state index contributed by atoms with van der Waals surface area (Å²) in [5.74, 6) is 0.821. The fourth-order valence-electron chi connectivity index (χ4n) is 3.16. The number of carbonyl (C=O) groups is 1. The third kappa shape index (κ3) is 3.03. The summed E-state index contributed by atoms with van der Waals surface area (Å²) in [6.45, 7) is 4.60. The number of nitrogens with zero attached hydrogens (tertiary/aromatic N) is 4. The van der Waals surface area contributed by atoms with E-state index in [1.165, 1.54) is 0 Å². The zero-order valence-corrected chi connectivity index (χ0v) is 14.3. The molecule has 1 saturated heterocycles. The van der Waals surface area contributed by atoms with Crippen LogP contribution in [0.2, 0.25) is 5.02 Å². The minimum Gasteiger partial charge on any atom is -0.319 e. The van der Waals surface area contributed by atoms with Crippen LogP contribution in [0.5, 0.6) is 0 Å². The van der Waals surface area contributed by atoms with Crippen LogP contribution in [-0.2, 0) is 7.05 Å². The molecule has 0 bridgehead atoms. The molecule has 1 aromatic carbocycles. The topological polar surface area (TPSA) is 63.1 Å². The molecule has 2 heterocycles. The zero-order valence-electron chi connectivity index (χ0n) is 13.5. The number of nitrogens with one attached hydrogen (secondary N) is 1. The Morgan fingerprint density at radius 3 is 2.65 bits per heavy atom. The second kappa shape index (κ2) is 6.20. The number of urea groups is 1. The summed E-state index contributed by atoms with van der Waals surface area (Å²) in [5, 5.41) is 11.8. The van der Waals surface area contributed by atoms with E-state index in [0.29, 0.717) is 5.02 Å². The van der Waals surface area contributed by atoms with Gasteiger partial charge >= 0.3 is 6.03 Å². The molecule has 3 rings (SSSR count). The number of hydrogen-bond donors (Lipinski definition) is 1. The highest BCUT2D eigenvalue weighted by Crippen LogP contribution is 2.32. The predicted molar refractivity (Wildman–Crippen MR) is 89.6 cm³/mol. The van der Waals surface area contributed by atoms with E-state index in [2.05, 4.69) is 15.5 Å². The molecule has 7 heteroatoms. The fraction of sp³-hybridized carbons (Fsp3) is 0.438. The van der Waals surface area contributed by atoms with E-state index in [1.807, 2.05) is 42.5 Å². The molecule has 1 atom stereocenters. The van der Waals surface area contributed by atoms with Crippen LogP contribution in [0.3, 0.4) is 0 Å². The smallest absolute Gasteiger partial charge is 0.319 e. The van der Waals surface area contributed by atoms with Gasteiger partial charge < -0.3 is 14.8 Å². The number of benzene rings is 1.